The van der Waals surface area contributed by atoms with Crippen LogP contribution < -0.4 is 0 Å². The molecule has 4 aromatic rings. The van der Waals surface area contributed by atoms with Crippen molar-refractivity contribution in [3.8, 4) is 22.6 Å². The standard InChI is InChI=1S/C17H14N4O/c1-11-19-20-17(22-11)15-6-4-3-5-12(15)13-7-9-18-16-14(13)8-10-21(16)2/h3-10H,1-2H3. The van der Waals surface area contributed by atoms with Crippen LogP contribution in [0.15, 0.2) is 53.2 Å². The minimum atomic E-state index is 0.536. The molecule has 4 rings (SSSR count). The van der Waals surface area contributed by atoms with Gasteiger partial charge in [-0.2, -0.15) is 0 Å². The highest BCUT2D eigenvalue weighted by molar-refractivity contribution is 5.97. The van der Waals surface area contributed by atoms with Crippen LogP contribution in [0.4, 0.5) is 0 Å². The van der Waals surface area contributed by atoms with E-state index in [-0.39, 0.29) is 0 Å². The summed E-state index contributed by atoms with van der Waals surface area (Å²) in [7, 11) is 1.99. The lowest BCUT2D eigenvalue weighted by Crippen LogP contribution is -1.90. The van der Waals surface area contributed by atoms with E-state index in [0.29, 0.717) is 11.8 Å². The minimum Gasteiger partial charge on any atom is -0.421 e. The van der Waals surface area contributed by atoms with E-state index in [1.54, 1.807) is 6.92 Å². The van der Waals surface area contributed by atoms with Crippen molar-refractivity contribution in [2.24, 2.45) is 7.05 Å². The average molecular weight is 290 g/mol. The molecule has 0 atom stereocenters. The summed E-state index contributed by atoms with van der Waals surface area (Å²) in [6.07, 6.45) is 3.84. The number of rotatable bonds is 2. The molecule has 5 heteroatoms. The highest BCUT2D eigenvalue weighted by Gasteiger charge is 2.15. The van der Waals surface area contributed by atoms with Crippen molar-refractivity contribution < 1.29 is 4.42 Å². The van der Waals surface area contributed by atoms with Crippen LogP contribution in [0.2, 0.25) is 0 Å². The highest BCUT2D eigenvalue weighted by Crippen LogP contribution is 2.35. The lowest BCUT2D eigenvalue weighted by molar-refractivity contribution is 0.533. The molecule has 108 valence electrons. The molecule has 5 nitrogen and oxygen atoms in total. The van der Waals surface area contributed by atoms with Crippen molar-refractivity contribution in [1.82, 2.24) is 19.7 Å². The molecule has 0 unspecified atom stereocenters. The molecule has 0 amide bonds. The first-order valence-corrected chi connectivity index (χ1v) is 7.04. The Morgan fingerprint density at radius 1 is 0.955 bits per heavy atom. The molecule has 0 radical (unpaired) electrons. The van der Waals surface area contributed by atoms with Crippen LogP contribution >= 0.6 is 0 Å². The van der Waals surface area contributed by atoms with Gasteiger partial charge in [0.05, 0.1) is 0 Å². The van der Waals surface area contributed by atoms with Crippen LogP contribution in [0.1, 0.15) is 5.89 Å². The van der Waals surface area contributed by atoms with Gasteiger partial charge in [-0.1, -0.05) is 18.2 Å². The summed E-state index contributed by atoms with van der Waals surface area (Å²) in [6.45, 7) is 1.79. The summed E-state index contributed by atoms with van der Waals surface area (Å²) in [5, 5.41) is 9.19. The van der Waals surface area contributed by atoms with Gasteiger partial charge in [0.1, 0.15) is 5.65 Å². The van der Waals surface area contributed by atoms with Gasteiger partial charge < -0.3 is 8.98 Å². The third-order valence-corrected chi connectivity index (χ3v) is 3.74. The second kappa shape index (κ2) is 4.80. The molecule has 0 aliphatic rings. The van der Waals surface area contributed by atoms with Gasteiger partial charge in [-0.05, 0) is 29.3 Å². The number of aromatic nitrogens is 4. The van der Waals surface area contributed by atoms with Crippen LogP contribution in [0.25, 0.3) is 33.6 Å². The first kappa shape index (κ1) is 12.8. The first-order chi connectivity index (χ1) is 10.7. The Morgan fingerprint density at radius 3 is 2.55 bits per heavy atom. The zero-order chi connectivity index (χ0) is 15.1. The maximum atomic E-state index is 5.61. The van der Waals surface area contributed by atoms with E-state index in [2.05, 4.69) is 27.3 Å². The summed E-state index contributed by atoms with van der Waals surface area (Å²) < 4.78 is 7.62. The maximum Gasteiger partial charge on any atom is 0.248 e. The topological polar surface area (TPSA) is 56.7 Å². The Labute approximate surface area is 127 Å². The third kappa shape index (κ3) is 1.90. The minimum absolute atomic E-state index is 0.536. The van der Waals surface area contributed by atoms with Crippen LogP contribution in [-0.2, 0) is 7.05 Å². The van der Waals surface area contributed by atoms with E-state index in [4.69, 9.17) is 4.42 Å². The van der Waals surface area contributed by atoms with Gasteiger partial charge >= 0.3 is 0 Å². The number of nitrogens with zero attached hydrogens (tertiary/aromatic N) is 4. The summed E-state index contributed by atoms with van der Waals surface area (Å²) in [6, 6.07) is 12.1. The predicted octanol–water partition coefficient (Wildman–Crippen LogP) is 3.60. The number of hydrogen-bond donors (Lipinski definition) is 0. The van der Waals surface area contributed by atoms with Crippen molar-refractivity contribution in [2.45, 2.75) is 6.92 Å². The molecule has 3 aromatic heterocycles. The lowest BCUT2D eigenvalue weighted by Gasteiger charge is -2.08. The SMILES string of the molecule is Cc1nnc(-c2ccccc2-c2ccnc3c2ccn3C)o1. The van der Waals surface area contributed by atoms with Crippen LogP contribution in [0.3, 0.4) is 0 Å². The van der Waals surface area contributed by atoms with Gasteiger partial charge in [-0.3, -0.25) is 0 Å². The molecule has 22 heavy (non-hydrogen) atoms. The summed E-state index contributed by atoms with van der Waals surface area (Å²) in [4.78, 5) is 4.44. The first-order valence-electron chi connectivity index (χ1n) is 7.04. The number of hydrogen-bond acceptors (Lipinski definition) is 4. The molecular formula is C17H14N4O. The van der Waals surface area contributed by atoms with Gasteiger partial charge in [0, 0.05) is 37.3 Å². The second-order valence-electron chi connectivity index (χ2n) is 5.19. The van der Waals surface area contributed by atoms with Gasteiger partial charge in [0.15, 0.2) is 0 Å². The van der Waals surface area contributed by atoms with Crippen molar-refractivity contribution >= 4 is 11.0 Å². The van der Waals surface area contributed by atoms with E-state index in [1.165, 1.54) is 0 Å². The van der Waals surface area contributed by atoms with Crippen LogP contribution in [0, 0.1) is 6.92 Å². The number of pyridine rings is 1. The van der Waals surface area contributed by atoms with Gasteiger partial charge in [0.25, 0.3) is 0 Å². The molecule has 3 heterocycles. The molecule has 0 N–H and O–H groups in total. The molecule has 0 aliphatic heterocycles. The Kier molecular flexibility index (Phi) is 2.79. The second-order valence-corrected chi connectivity index (χ2v) is 5.19. The lowest BCUT2D eigenvalue weighted by atomic mass is 9.98. The predicted molar refractivity (Wildman–Crippen MR) is 84.2 cm³/mol. The average Bonchev–Trinajstić information content (AvgIpc) is 3.14. The number of benzene rings is 1. The molecule has 0 aliphatic carbocycles. The van der Waals surface area contributed by atoms with Gasteiger partial charge in [-0.15, -0.1) is 10.2 Å². The summed E-state index contributed by atoms with van der Waals surface area (Å²) in [5.41, 5.74) is 4.05. The van der Waals surface area contributed by atoms with Gasteiger partial charge in [0.2, 0.25) is 11.8 Å². The molecular weight excluding hydrogens is 276 g/mol. The smallest absolute Gasteiger partial charge is 0.248 e. The largest absolute Gasteiger partial charge is 0.421 e. The van der Waals surface area contributed by atoms with E-state index in [1.807, 2.05) is 48.3 Å². The zero-order valence-corrected chi connectivity index (χ0v) is 12.3. The highest BCUT2D eigenvalue weighted by atomic mass is 16.4. The molecule has 0 saturated heterocycles. The molecule has 0 fully saturated rings. The Morgan fingerprint density at radius 2 is 1.77 bits per heavy atom. The Bertz CT molecular complexity index is 968. The number of aryl methyl sites for hydroxylation is 2. The van der Waals surface area contributed by atoms with E-state index < -0.39 is 0 Å². The molecule has 0 bridgehead atoms. The van der Waals surface area contributed by atoms with Crippen molar-refractivity contribution in [2.75, 3.05) is 0 Å². The fourth-order valence-corrected chi connectivity index (χ4v) is 2.71. The summed E-state index contributed by atoms with van der Waals surface area (Å²) in [5.74, 6) is 1.10. The molecule has 0 spiro atoms. The van der Waals surface area contributed by atoms with Gasteiger partial charge in [-0.25, -0.2) is 4.98 Å². The maximum absolute atomic E-state index is 5.61. The van der Waals surface area contributed by atoms with Crippen molar-refractivity contribution in [3.63, 3.8) is 0 Å². The van der Waals surface area contributed by atoms with Crippen LogP contribution in [-0.4, -0.2) is 19.7 Å². The Hall–Kier alpha value is -2.95. The fourth-order valence-electron chi connectivity index (χ4n) is 2.71. The molecule has 0 saturated carbocycles. The quantitative estimate of drug-likeness (QED) is 0.566. The van der Waals surface area contributed by atoms with E-state index >= 15 is 0 Å². The molecule has 1 aromatic carbocycles. The van der Waals surface area contributed by atoms with Crippen LogP contribution in [0.5, 0.6) is 0 Å². The zero-order valence-electron chi connectivity index (χ0n) is 12.3. The van der Waals surface area contributed by atoms with E-state index in [0.717, 1.165) is 27.7 Å². The number of fused-ring (bicyclic) bond motifs is 1. The third-order valence-electron chi connectivity index (χ3n) is 3.74. The monoisotopic (exact) mass is 290 g/mol. The fraction of sp³-hybridized carbons (Fsp3) is 0.118. The van der Waals surface area contributed by atoms with Crippen molar-refractivity contribution in [1.29, 1.82) is 0 Å². The Balaban J connectivity index is 2.00. The van der Waals surface area contributed by atoms with E-state index in [9.17, 15) is 0 Å². The van der Waals surface area contributed by atoms with Crippen molar-refractivity contribution in [3.05, 3.63) is 54.7 Å². The normalized spacial score (nSPS) is 11.2. The summed E-state index contributed by atoms with van der Waals surface area (Å²) >= 11 is 0.